The van der Waals surface area contributed by atoms with Crippen LogP contribution in [0.4, 0.5) is 4.39 Å². The highest BCUT2D eigenvalue weighted by Gasteiger charge is 2.21. The molecule has 1 rings (SSSR count). The van der Waals surface area contributed by atoms with Crippen LogP contribution in [0.25, 0.3) is 0 Å². The zero-order valence-electron chi connectivity index (χ0n) is 9.69. The highest BCUT2D eigenvalue weighted by atomic mass is 35.5. The van der Waals surface area contributed by atoms with E-state index < -0.39 is 0 Å². The molecule has 0 bridgehead atoms. The quantitative estimate of drug-likeness (QED) is 0.779. The predicted molar refractivity (Wildman–Crippen MR) is 67.3 cm³/mol. The number of rotatable bonds is 5. The molecule has 1 aromatic carbocycles. The average molecular weight is 242 g/mol. The fourth-order valence-corrected chi connectivity index (χ4v) is 1.91. The summed E-state index contributed by atoms with van der Waals surface area (Å²) in [4.78, 5) is 0. The molecule has 0 fully saturated rings. The van der Waals surface area contributed by atoms with E-state index in [9.17, 15) is 4.39 Å². The first-order valence-corrected chi connectivity index (χ1v) is 5.61. The van der Waals surface area contributed by atoms with E-state index in [-0.39, 0.29) is 11.2 Å². The van der Waals surface area contributed by atoms with Crippen LogP contribution in [0.2, 0.25) is 5.02 Å². The van der Waals surface area contributed by atoms with Gasteiger partial charge in [-0.1, -0.05) is 24.6 Å². The molecule has 0 aliphatic carbocycles. The highest BCUT2D eigenvalue weighted by Crippen LogP contribution is 2.27. The molecule has 88 valence electrons. The van der Waals surface area contributed by atoms with Crippen molar-refractivity contribution in [1.82, 2.24) is 5.32 Å². The number of nitrogens with one attached hydrogen (secondary N) is 1. The molecular formula is C13H17ClFN. The molecule has 0 aliphatic heterocycles. The van der Waals surface area contributed by atoms with Gasteiger partial charge in [-0.2, -0.15) is 0 Å². The van der Waals surface area contributed by atoms with Crippen LogP contribution >= 0.6 is 11.6 Å². The van der Waals surface area contributed by atoms with Gasteiger partial charge in [0, 0.05) is 17.0 Å². The monoisotopic (exact) mass is 241 g/mol. The summed E-state index contributed by atoms with van der Waals surface area (Å²) in [5.41, 5.74) is 0.700. The van der Waals surface area contributed by atoms with Crippen LogP contribution in [-0.4, -0.2) is 13.6 Å². The van der Waals surface area contributed by atoms with Crippen molar-refractivity contribution in [3.8, 4) is 0 Å². The van der Waals surface area contributed by atoms with E-state index in [2.05, 4.69) is 18.8 Å². The first kappa shape index (κ1) is 13.2. The second kappa shape index (κ2) is 5.46. The lowest BCUT2D eigenvalue weighted by Gasteiger charge is -2.26. The lowest BCUT2D eigenvalue weighted by molar-refractivity contribution is 0.405. The first-order chi connectivity index (χ1) is 7.50. The fourth-order valence-electron chi connectivity index (χ4n) is 1.72. The summed E-state index contributed by atoms with van der Waals surface area (Å²) in [6.07, 6.45) is 2.55. The van der Waals surface area contributed by atoms with Crippen LogP contribution < -0.4 is 5.32 Å². The van der Waals surface area contributed by atoms with Crippen molar-refractivity contribution in [2.45, 2.75) is 13.3 Å². The Balaban J connectivity index is 2.93. The van der Waals surface area contributed by atoms with E-state index in [4.69, 9.17) is 11.6 Å². The maximum absolute atomic E-state index is 13.1. The van der Waals surface area contributed by atoms with Crippen LogP contribution in [0.5, 0.6) is 0 Å². The molecule has 1 nitrogen and oxygen atoms in total. The van der Waals surface area contributed by atoms with Crippen LogP contribution in [0.1, 0.15) is 12.5 Å². The molecule has 0 spiro atoms. The number of benzene rings is 1. The maximum Gasteiger partial charge on any atom is 0.123 e. The van der Waals surface area contributed by atoms with Gasteiger partial charge in [0.05, 0.1) is 0 Å². The Hall–Kier alpha value is -0.860. The van der Waals surface area contributed by atoms with Crippen molar-refractivity contribution in [1.29, 1.82) is 0 Å². The van der Waals surface area contributed by atoms with Gasteiger partial charge in [0.25, 0.3) is 0 Å². The standard InChI is InChI=1S/C13H17ClFN/c1-4-13(2,9-16-3)8-10-7-11(15)5-6-12(10)14/h4-7,16H,1,8-9H2,2-3H3. The van der Waals surface area contributed by atoms with Crippen LogP contribution in [0.15, 0.2) is 30.9 Å². The first-order valence-electron chi connectivity index (χ1n) is 5.23. The summed E-state index contributed by atoms with van der Waals surface area (Å²) in [5, 5.41) is 3.71. The van der Waals surface area contributed by atoms with Gasteiger partial charge in [0.2, 0.25) is 0 Å². The second-order valence-corrected chi connectivity index (χ2v) is 4.71. The van der Waals surface area contributed by atoms with Gasteiger partial charge in [-0.15, -0.1) is 6.58 Å². The summed E-state index contributed by atoms with van der Waals surface area (Å²) < 4.78 is 13.1. The third-order valence-electron chi connectivity index (χ3n) is 2.68. The summed E-state index contributed by atoms with van der Waals surface area (Å²) in [5.74, 6) is -0.254. The molecule has 16 heavy (non-hydrogen) atoms. The van der Waals surface area contributed by atoms with Crippen molar-refractivity contribution in [2.75, 3.05) is 13.6 Å². The predicted octanol–water partition coefficient (Wildman–Crippen LogP) is 3.43. The molecule has 0 aliphatic rings. The normalized spacial score (nSPS) is 14.5. The fraction of sp³-hybridized carbons (Fsp3) is 0.385. The van der Waals surface area contributed by atoms with Gasteiger partial charge in [0.15, 0.2) is 0 Å². The van der Waals surface area contributed by atoms with E-state index in [0.717, 1.165) is 12.1 Å². The van der Waals surface area contributed by atoms with Crippen molar-refractivity contribution < 1.29 is 4.39 Å². The Morgan fingerprint density at radius 2 is 2.25 bits per heavy atom. The summed E-state index contributed by atoms with van der Waals surface area (Å²) in [6.45, 7) is 6.67. The van der Waals surface area contributed by atoms with Gasteiger partial charge in [0.1, 0.15) is 5.82 Å². The molecule has 0 aromatic heterocycles. The Kier molecular flexibility index (Phi) is 4.51. The molecule has 1 unspecified atom stereocenters. The minimum atomic E-state index is -0.254. The molecule has 1 aromatic rings. The Labute approximate surface area is 101 Å². The van der Waals surface area contributed by atoms with E-state index in [0.29, 0.717) is 11.4 Å². The molecule has 0 saturated carbocycles. The third kappa shape index (κ3) is 3.32. The van der Waals surface area contributed by atoms with E-state index in [1.165, 1.54) is 12.1 Å². The zero-order valence-corrected chi connectivity index (χ0v) is 10.4. The zero-order chi connectivity index (χ0) is 12.2. The van der Waals surface area contributed by atoms with E-state index in [1.807, 2.05) is 13.1 Å². The third-order valence-corrected chi connectivity index (χ3v) is 3.04. The van der Waals surface area contributed by atoms with Crippen LogP contribution in [-0.2, 0) is 6.42 Å². The average Bonchev–Trinajstić information content (AvgIpc) is 2.24. The molecule has 0 amide bonds. The van der Waals surface area contributed by atoms with Crippen molar-refractivity contribution in [2.24, 2.45) is 5.41 Å². The Morgan fingerprint density at radius 1 is 1.56 bits per heavy atom. The van der Waals surface area contributed by atoms with Crippen molar-refractivity contribution in [3.63, 3.8) is 0 Å². The number of hydrogen-bond acceptors (Lipinski definition) is 1. The Bertz CT molecular complexity index is 378. The van der Waals surface area contributed by atoms with Gasteiger partial charge >= 0.3 is 0 Å². The van der Waals surface area contributed by atoms with Crippen LogP contribution in [0, 0.1) is 11.2 Å². The summed E-state index contributed by atoms with van der Waals surface area (Å²) >= 11 is 6.04. The SMILES string of the molecule is C=CC(C)(CNC)Cc1cc(F)ccc1Cl. The maximum atomic E-state index is 13.1. The molecule has 1 N–H and O–H groups in total. The number of hydrogen-bond donors (Lipinski definition) is 1. The summed E-state index contributed by atoms with van der Waals surface area (Å²) in [7, 11) is 1.88. The Morgan fingerprint density at radius 3 is 2.81 bits per heavy atom. The molecule has 0 heterocycles. The lowest BCUT2D eigenvalue weighted by Crippen LogP contribution is -2.29. The van der Waals surface area contributed by atoms with Crippen LogP contribution in [0.3, 0.4) is 0 Å². The summed E-state index contributed by atoms with van der Waals surface area (Å²) in [6, 6.07) is 4.45. The molecule has 1 atom stereocenters. The van der Waals surface area contributed by atoms with Gasteiger partial charge < -0.3 is 5.32 Å². The molecule has 3 heteroatoms. The molecule has 0 radical (unpaired) electrons. The van der Waals surface area contributed by atoms with E-state index in [1.54, 1.807) is 6.07 Å². The topological polar surface area (TPSA) is 12.0 Å². The second-order valence-electron chi connectivity index (χ2n) is 4.30. The highest BCUT2D eigenvalue weighted by molar-refractivity contribution is 6.31. The van der Waals surface area contributed by atoms with Crippen molar-refractivity contribution in [3.05, 3.63) is 47.3 Å². The smallest absolute Gasteiger partial charge is 0.123 e. The van der Waals surface area contributed by atoms with E-state index >= 15 is 0 Å². The minimum absolute atomic E-state index is 0.119. The number of halogens is 2. The van der Waals surface area contributed by atoms with Gasteiger partial charge in [-0.3, -0.25) is 0 Å². The van der Waals surface area contributed by atoms with Gasteiger partial charge in [-0.05, 0) is 37.2 Å². The minimum Gasteiger partial charge on any atom is -0.319 e. The molecule has 0 saturated heterocycles. The van der Waals surface area contributed by atoms with Crippen molar-refractivity contribution >= 4 is 11.6 Å². The lowest BCUT2D eigenvalue weighted by atomic mass is 9.83. The van der Waals surface area contributed by atoms with Gasteiger partial charge in [-0.25, -0.2) is 4.39 Å². The molecular weight excluding hydrogens is 225 g/mol. The largest absolute Gasteiger partial charge is 0.319 e.